The summed E-state index contributed by atoms with van der Waals surface area (Å²) in [6.07, 6.45) is 3.84. The van der Waals surface area contributed by atoms with Crippen molar-refractivity contribution in [2.75, 3.05) is 11.9 Å². The van der Waals surface area contributed by atoms with E-state index in [0.717, 1.165) is 16.8 Å². The van der Waals surface area contributed by atoms with Gasteiger partial charge >= 0.3 is 0 Å². The van der Waals surface area contributed by atoms with E-state index in [1.165, 1.54) is 6.07 Å². The second kappa shape index (κ2) is 6.76. The number of nitrogens with one attached hydrogen (secondary N) is 1. The zero-order chi connectivity index (χ0) is 20.9. The summed E-state index contributed by atoms with van der Waals surface area (Å²) in [6.45, 7) is 2.04. The third-order valence-corrected chi connectivity index (χ3v) is 6.27. The van der Waals surface area contributed by atoms with Crippen LogP contribution in [0.1, 0.15) is 39.5 Å². The third kappa shape index (κ3) is 2.56. The summed E-state index contributed by atoms with van der Waals surface area (Å²) >= 11 is 0. The highest BCUT2D eigenvalue weighted by Gasteiger charge is 2.59. The quantitative estimate of drug-likeness (QED) is 0.706. The molecule has 5 nitrogen and oxygen atoms in total. The lowest BCUT2D eigenvalue weighted by molar-refractivity contribution is -0.121. The van der Waals surface area contributed by atoms with Gasteiger partial charge < -0.3 is 10.2 Å². The maximum Gasteiger partial charge on any atom is 0.254 e. The Hall–Kier alpha value is -3.54. The fourth-order valence-corrected chi connectivity index (χ4v) is 4.80. The van der Waals surface area contributed by atoms with E-state index in [4.69, 9.17) is 0 Å². The molecule has 0 aliphatic carbocycles. The molecule has 2 aliphatic heterocycles. The van der Waals surface area contributed by atoms with Gasteiger partial charge in [-0.25, -0.2) is 4.39 Å². The number of rotatable bonds is 2. The molecule has 1 N–H and O–H groups in total. The van der Waals surface area contributed by atoms with Crippen molar-refractivity contribution in [2.24, 2.45) is 0 Å². The number of amides is 2. The molecule has 0 saturated carbocycles. The molecule has 2 aromatic carbocycles. The average molecular weight is 401 g/mol. The number of aryl methyl sites for hydroxylation is 1. The Kier molecular flexibility index (Phi) is 4.17. The summed E-state index contributed by atoms with van der Waals surface area (Å²) in [5, 5.41) is 2.99. The Bertz CT molecular complexity index is 1160. The minimum atomic E-state index is -0.904. The SMILES string of the molecule is Cc1ccc(C(=O)N2CCC3(C(=O)Nc4ccccc43)C2c2cccnc2)cc1F. The summed E-state index contributed by atoms with van der Waals surface area (Å²) < 4.78 is 14.2. The minimum Gasteiger partial charge on any atom is -0.330 e. The maximum absolute atomic E-state index is 14.2. The Labute approximate surface area is 173 Å². The first-order valence-corrected chi connectivity index (χ1v) is 9.90. The number of carbonyl (C=O) groups is 2. The van der Waals surface area contributed by atoms with Crippen LogP contribution < -0.4 is 5.32 Å². The van der Waals surface area contributed by atoms with Crippen LogP contribution in [0.5, 0.6) is 0 Å². The molecule has 2 unspecified atom stereocenters. The first-order valence-electron chi connectivity index (χ1n) is 9.90. The normalized spacial score (nSPS) is 22.3. The number of para-hydroxylation sites is 1. The second-order valence-electron chi connectivity index (χ2n) is 7.87. The Morgan fingerprint density at radius 2 is 2.03 bits per heavy atom. The Morgan fingerprint density at radius 1 is 1.20 bits per heavy atom. The molecule has 2 aliphatic rings. The molecule has 150 valence electrons. The number of anilines is 1. The van der Waals surface area contributed by atoms with E-state index >= 15 is 0 Å². The summed E-state index contributed by atoms with van der Waals surface area (Å²) in [7, 11) is 0. The van der Waals surface area contributed by atoms with Gasteiger partial charge in [-0.1, -0.05) is 30.3 Å². The number of benzene rings is 2. The molecular formula is C24H20FN3O2. The second-order valence-corrected chi connectivity index (χ2v) is 7.87. The van der Waals surface area contributed by atoms with E-state index in [-0.39, 0.29) is 17.4 Å². The highest BCUT2D eigenvalue weighted by Crippen LogP contribution is 2.54. The van der Waals surface area contributed by atoms with Gasteiger partial charge in [-0.2, -0.15) is 0 Å². The molecule has 1 saturated heterocycles. The van der Waals surface area contributed by atoms with Crippen molar-refractivity contribution in [3.63, 3.8) is 0 Å². The monoisotopic (exact) mass is 401 g/mol. The fraction of sp³-hybridized carbons (Fsp3) is 0.208. The summed E-state index contributed by atoms with van der Waals surface area (Å²) in [4.78, 5) is 32.7. The highest BCUT2D eigenvalue weighted by atomic mass is 19.1. The topological polar surface area (TPSA) is 62.3 Å². The molecule has 2 amide bonds. The van der Waals surface area contributed by atoms with Gasteiger partial charge in [-0.15, -0.1) is 0 Å². The predicted molar refractivity (Wildman–Crippen MR) is 111 cm³/mol. The number of fused-ring (bicyclic) bond motifs is 2. The Balaban J connectivity index is 1.66. The van der Waals surface area contributed by atoms with Crippen LogP contribution in [0.4, 0.5) is 10.1 Å². The maximum atomic E-state index is 14.2. The summed E-state index contributed by atoms with van der Waals surface area (Å²) in [6, 6.07) is 15.3. The van der Waals surface area contributed by atoms with E-state index in [0.29, 0.717) is 18.5 Å². The molecule has 3 aromatic rings. The van der Waals surface area contributed by atoms with Crippen molar-refractivity contribution < 1.29 is 14.0 Å². The summed E-state index contributed by atoms with van der Waals surface area (Å²) in [5.74, 6) is -0.837. The molecule has 1 spiro atoms. The van der Waals surface area contributed by atoms with Crippen molar-refractivity contribution in [1.82, 2.24) is 9.88 Å². The van der Waals surface area contributed by atoms with E-state index in [1.807, 2.05) is 30.3 Å². The number of pyridine rings is 1. The van der Waals surface area contributed by atoms with Crippen LogP contribution in [-0.4, -0.2) is 28.2 Å². The number of halogens is 1. The average Bonchev–Trinajstić information content (AvgIpc) is 3.30. The first kappa shape index (κ1) is 18.5. The number of hydrogen-bond acceptors (Lipinski definition) is 3. The van der Waals surface area contributed by atoms with Crippen molar-refractivity contribution in [3.8, 4) is 0 Å². The zero-order valence-corrected chi connectivity index (χ0v) is 16.4. The van der Waals surface area contributed by atoms with E-state index in [1.54, 1.807) is 42.4 Å². The highest BCUT2D eigenvalue weighted by molar-refractivity contribution is 6.08. The van der Waals surface area contributed by atoms with E-state index < -0.39 is 17.3 Å². The van der Waals surface area contributed by atoms with Crippen LogP contribution in [0.3, 0.4) is 0 Å². The third-order valence-electron chi connectivity index (χ3n) is 6.27. The van der Waals surface area contributed by atoms with Crippen molar-refractivity contribution >= 4 is 17.5 Å². The van der Waals surface area contributed by atoms with Crippen LogP contribution in [0.25, 0.3) is 0 Å². The number of carbonyl (C=O) groups excluding carboxylic acids is 2. The fourth-order valence-electron chi connectivity index (χ4n) is 4.80. The minimum absolute atomic E-state index is 0.122. The number of nitrogens with zero attached hydrogens (tertiary/aromatic N) is 2. The lowest BCUT2D eigenvalue weighted by Gasteiger charge is -2.34. The number of aromatic nitrogens is 1. The van der Waals surface area contributed by atoms with Gasteiger partial charge in [0.1, 0.15) is 11.2 Å². The molecule has 0 radical (unpaired) electrons. The van der Waals surface area contributed by atoms with Crippen molar-refractivity contribution in [1.29, 1.82) is 0 Å². The lowest BCUT2D eigenvalue weighted by atomic mass is 9.73. The molecular weight excluding hydrogens is 381 g/mol. The molecule has 2 atom stereocenters. The van der Waals surface area contributed by atoms with Gasteiger partial charge in [0.25, 0.3) is 5.91 Å². The molecule has 30 heavy (non-hydrogen) atoms. The summed E-state index contributed by atoms with van der Waals surface area (Å²) in [5.41, 5.74) is 2.29. The molecule has 1 aromatic heterocycles. The van der Waals surface area contributed by atoms with Crippen LogP contribution in [0.2, 0.25) is 0 Å². The van der Waals surface area contributed by atoms with Gasteiger partial charge in [-0.3, -0.25) is 14.6 Å². The predicted octanol–water partition coefficient (Wildman–Crippen LogP) is 4.01. The molecule has 1 fully saturated rings. The largest absolute Gasteiger partial charge is 0.330 e. The van der Waals surface area contributed by atoms with Gasteiger partial charge in [0, 0.05) is 30.2 Å². The van der Waals surface area contributed by atoms with Gasteiger partial charge in [-0.05, 0) is 54.3 Å². The van der Waals surface area contributed by atoms with Gasteiger partial charge in [0.05, 0.1) is 6.04 Å². The number of likely N-dealkylation sites (tertiary alicyclic amines) is 1. The molecule has 0 bridgehead atoms. The van der Waals surface area contributed by atoms with Crippen molar-refractivity contribution in [3.05, 3.63) is 95.1 Å². The Morgan fingerprint density at radius 3 is 2.80 bits per heavy atom. The van der Waals surface area contributed by atoms with Crippen LogP contribution in [0, 0.1) is 12.7 Å². The van der Waals surface area contributed by atoms with Crippen LogP contribution in [0.15, 0.2) is 67.0 Å². The smallest absolute Gasteiger partial charge is 0.254 e. The van der Waals surface area contributed by atoms with Crippen LogP contribution in [-0.2, 0) is 10.2 Å². The first-order chi connectivity index (χ1) is 14.5. The molecule has 3 heterocycles. The van der Waals surface area contributed by atoms with E-state index in [9.17, 15) is 14.0 Å². The van der Waals surface area contributed by atoms with Gasteiger partial charge in [0.15, 0.2) is 0 Å². The lowest BCUT2D eigenvalue weighted by Crippen LogP contribution is -2.42. The van der Waals surface area contributed by atoms with Crippen molar-refractivity contribution in [2.45, 2.75) is 24.8 Å². The van der Waals surface area contributed by atoms with Gasteiger partial charge in [0.2, 0.25) is 5.91 Å². The number of hydrogen-bond donors (Lipinski definition) is 1. The zero-order valence-electron chi connectivity index (χ0n) is 16.4. The van der Waals surface area contributed by atoms with E-state index in [2.05, 4.69) is 10.3 Å². The standard InChI is InChI=1S/C24H20FN3O2/c1-15-8-9-16(13-19(15)25)22(29)28-12-10-24(21(28)17-5-4-11-26-14-17)18-6-2-3-7-20(18)27-23(24)30/h2-9,11,13-14,21H,10,12H2,1H3,(H,27,30). The molecule has 6 heteroatoms. The molecule has 5 rings (SSSR count). The van der Waals surface area contributed by atoms with Crippen LogP contribution >= 0.6 is 0 Å².